The molecule has 1 aromatic heterocycles. The Morgan fingerprint density at radius 3 is 2.46 bits per heavy atom. The molecule has 0 unspecified atom stereocenters. The molecule has 2 aromatic carbocycles. The highest BCUT2D eigenvalue weighted by Crippen LogP contribution is 2.18. The second-order valence-electron chi connectivity index (χ2n) is 5.61. The first-order valence-electron chi connectivity index (χ1n) is 8.08. The number of benzene rings is 2. The highest BCUT2D eigenvalue weighted by atomic mass is 16.5. The quantitative estimate of drug-likeness (QED) is 0.505. The number of nitrogens with zero attached hydrogens (tertiary/aromatic N) is 3. The van der Waals surface area contributed by atoms with Gasteiger partial charge in [0.25, 0.3) is 0 Å². The number of carbonyl (C=O) groups excluding carboxylic acids is 1. The van der Waals surface area contributed by atoms with Gasteiger partial charge in [0.05, 0.1) is 32.5 Å². The highest BCUT2D eigenvalue weighted by Gasteiger charge is 2.16. The van der Waals surface area contributed by atoms with Crippen LogP contribution < -0.4 is 4.74 Å². The summed E-state index contributed by atoms with van der Waals surface area (Å²) in [6.45, 7) is 0.538. The summed E-state index contributed by atoms with van der Waals surface area (Å²) in [5.41, 5.74) is 2.76. The Kier molecular flexibility index (Phi) is 5.43. The number of ether oxygens (including phenoxy) is 2. The molecule has 0 N–H and O–H groups in total. The van der Waals surface area contributed by atoms with E-state index in [4.69, 9.17) is 9.47 Å². The van der Waals surface area contributed by atoms with E-state index >= 15 is 0 Å². The number of aromatic nitrogens is 3. The van der Waals surface area contributed by atoms with Crippen LogP contribution in [0.2, 0.25) is 0 Å². The Labute approximate surface area is 151 Å². The predicted octanol–water partition coefficient (Wildman–Crippen LogP) is 3.05. The fourth-order valence-corrected chi connectivity index (χ4v) is 2.48. The molecule has 0 atom stereocenters. The Morgan fingerprint density at radius 2 is 1.81 bits per heavy atom. The lowest BCUT2D eigenvalue weighted by atomic mass is 10.1. The van der Waals surface area contributed by atoms with Gasteiger partial charge in [-0.3, -0.25) is 0 Å². The van der Waals surface area contributed by atoms with Crippen molar-refractivity contribution in [2.75, 3.05) is 14.2 Å². The van der Waals surface area contributed by atoms with Crippen molar-refractivity contribution in [2.24, 2.45) is 0 Å². The maximum atomic E-state index is 12.2. The van der Waals surface area contributed by atoms with Gasteiger partial charge in [-0.2, -0.15) is 0 Å². The van der Waals surface area contributed by atoms with Crippen molar-refractivity contribution in [1.82, 2.24) is 15.0 Å². The van der Waals surface area contributed by atoms with Gasteiger partial charge >= 0.3 is 5.97 Å². The molecule has 0 saturated carbocycles. The summed E-state index contributed by atoms with van der Waals surface area (Å²) in [5.74, 6) is 0.345. The minimum absolute atomic E-state index is 0.361. The third kappa shape index (κ3) is 4.16. The molecule has 0 aliphatic carbocycles. The molecule has 132 valence electrons. The molecule has 0 fully saturated rings. The molecule has 0 amide bonds. The molecule has 3 rings (SSSR count). The Bertz CT molecular complexity index is 900. The van der Waals surface area contributed by atoms with E-state index < -0.39 is 5.97 Å². The minimum atomic E-state index is -0.453. The number of hydrogen-bond donors (Lipinski definition) is 0. The summed E-state index contributed by atoms with van der Waals surface area (Å²) < 4.78 is 11.7. The lowest BCUT2D eigenvalue weighted by Gasteiger charge is -2.03. The Morgan fingerprint density at radius 1 is 1.08 bits per heavy atom. The fraction of sp³-hybridized carbons (Fsp3) is 0.150. The van der Waals surface area contributed by atoms with Gasteiger partial charge in [-0.1, -0.05) is 47.7 Å². The first kappa shape index (κ1) is 17.4. The molecular formula is C20H19N3O3. The van der Waals surface area contributed by atoms with Gasteiger partial charge in [-0.25, -0.2) is 9.48 Å². The van der Waals surface area contributed by atoms with Crippen molar-refractivity contribution >= 4 is 17.6 Å². The van der Waals surface area contributed by atoms with Gasteiger partial charge in [0.15, 0.2) is 0 Å². The maximum absolute atomic E-state index is 12.2. The summed E-state index contributed by atoms with van der Waals surface area (Å²) in [5, 5.41) is 8.25. The van der Waals surface area contributed by atoms with E-state index in [2.05, 4.69) is 10.3 Å². The molecule has 6 nitrogen and oxygen atoms in total. The fourth-order valence-electron chi connectivity index (χ4n) is 2.48. The van der Waals surface area contributed by atoms with Crippen LogP contribution in [-0.4, -0.2) is 35.2 Å². The maximum Gasteiger partial charge on any atom is 0.340 e. The van der Waals surface area contributed by atoms with Crippen LogP contribution in [0.4, 0.5) is 0 Å². The number of rotatable bonds is 6. The molecule has 3 aromatic rings. The third-order valence-corrected chi connectivity index (χ3v) is 3.83. The number of esters is 1. The zero-order valence-corrected chi connectivity index (χ0v) is 14.6. The van der Waals surface area contributed by atoms with E-state index in [9.17, 15) is 4.79 Å². The number of carbonyl (C=O) groups is 1. The normalized spacial score (nSPS) is 11.2. The second-order valence-corrected chi connectivity index (χ2v) is 5.61. The van der Waals surface area contributed by atoms with Crippen LogP contribution >= 0.6 is 0 Å². The zero-order chi connectivity index (χ0) is 18.4. The third-order valence-electron chi connectivity index (χ3n) is 3.83. The van der Waals surface area contributed by atoms with Crippen molar-refractivity contribution in [3.8, 4) is 5.75 Å². The van der Waals surface area contributed by atoms with Crippen molar-refractivity contribution in [1.29, 1.82) is 0 Å². The SMILES string of the molecule is COC(=O)C(=Cc1ccccc1)c1cn(Cc2ccc(OC)cc2)nn1. The molecular weight excluding hydrogens is 330 g/mol. The van der Waals surface area contributed by atoms with Crippen LogP contribution in [-0.2, 0) is 16.1 Å². The van der Waals surface area contributed by atoms with Crippen molar-refractivity contribution in [3.05, 3.63) is 77.6 Å². The van der Waals surface area contributed by atoms with Gasteiger partial charge in [0.2, 0.25) is 0 Å². The lowest BCUT2D eigenvalue weighted by molar-refractivity contribution is -0.133. The van der Waals surface area contributed by atoms with Crippen LogP contribution in [0.1, 0.15) is 16.8 Å². The van der Waals surface area contributed by atoms with Gasteiger partial charge in [-0.15, -0.1) is 5.10 Å². The van der Waals surface area contributed by atoms with Gasteiger partial charge in [-0.05, 0) is 29.3 Å². The molecule has 0 bridgehead atoms. The van der Waals surface area contributed by atoms with E-state index in [1.807, 2.05) is 54.6 Å². The predicted molar refractivity (Wildman–Crippen MR) is 98.4 cm³/mol. The largest absolute Gasteiger partial charge is 0.497 e. The molecule has 0 saturated heterocycles. The average molecular weight is 349 g/mol. The van der Waals surface area contributed by atoms with Crippen LogP contribution in [0.25, 0.3) is 11.6 Å². The van der Waals surface area contributed by atoms with E-state index in [0.29, 0.717) is 17.8 Å². The summed E-state index contributed by atoms with van der Waals surface area (Å²) in [6.07, 6.45) is 3.48. The summed E-state index contributed by atoms with van der Waals surface area (Å²) >= 11 is 0. The van der Waals surface area contributed by atoms with Crippen molar-refractivity contribution < 1.29 is 14.3 Å². The van der Waals surface area contributed by atoms with Gasteiger partial charge in [0.1, 0.15) is 11.4 Å². The topological polar surface area (TPSA) is 66.2 Å². The van der Waals surface area contributed by atoms with Crippen LogP contribution in [0, 0.1) is 0 Å². The minimum Gasteiger partial charge on any atom is -0.497 e. The summed E-state index contributed by atoms with van der Waals surface area (Å²) in [7, 11) is 2.98. The molecule has 0 aliphatic rings. The van der Waals surface area contributed by atoms with Gasteiger partial charge in [0, 0.05) is 0 Å². The van der Waals surface area contributed by atoms with Crippen molar-refractivity contribution in [2.45, 2.75) is 6.54 Å². The molecule has 1 heterocycles. The molecule has 0 radical (unpaired) electrons. The Hall–Kier alpha value is -3.41. The van der Waals surface area contributed by atoms with Gasteiger partial charge < -0.3 is 9.47 Å². The molecule has 0 aliphatic heterocycles. The summed E-state index contributed by atoms with van der Waals surface area (Å²) in [6, 6.07) is 17.2. The Balaban J connectivity index is 1.85. The number of methoxy groups -OCH3 is 2. The highest BCUT2D eigenvalue weighted by molar-refractivity contribution is 6.20. The van der Waals surface area contributed by atoms with Crippen molar-refractivity contribution in [3.63, 3.8) is 0 Å². The van der Waals surface area contributed by atoms with Crippen LogP contribution in [0.3, 0.4) is 0 Å². The zero-order valence-electron chi connectivity index (χ0n) is 14.6. The molecule has 6 heteroatoms. The second kappa shape index (κ2) is 8.11. The first-order chi connectivity index (χ1) is 12.7. The summed E-state index contributed by atoms with van der Waals surface area (Å²) in [4.78, 5) is 12.2. The average Bonchev–Trinajstić information content (AvgIpc) is 3.15. The van der Waals surface area contributed by atoms with E-state index in [1.54, 1.807) is 24.1 Å². The van der Waals surface area contributed by atoms with E-state index in [1.165, 1.54) is 7.11 Å². The van der Waals surface area contributed by atoms with Crippen LogP contribution in [0.15, 0.2) is 60.8 Å². The lowest BCUT2D eigenvalue weighted by Crippen LogP contribution is -2.04. The van der Waals surface area contributed by atoms with E-state index in [0.717, 1.165) is 16.9 Å². The monoisotopic (exact) mass is 349 g/mol. The molecule has 26 heavy (non-hydrogen) atoms. The smallest absolute Gasteiger partial charge is 0.340 e. The van der Waals surface area contributed by atoms with E-state index in [-0.39, 0.29) is 0 Å². The van der Waals surface area contributed by atoms with Crippen LogP contribution in [0.5, 0.6) is 5.75 Å². The standard InChI is InChI=1S/C20H19N3O3/c1-25-17-10-8-16(9-11-17)13-23-14-19(21-22-23)18(20(24)26-2)12-15-6-4-3-5-7-15/h3-12,14H,13H2,1-2H3. The first-order valence-corrected chi connectivity index (χ1v) is 8.08. The molecule has 0 spiro atoms. The number of hydrogen-bond acceptors (Lipinski definition) is 5.